The summed E-state index contributed by atoms with van der Waals surface area (Å²) in [6.07, 6.45) is -2.10. The number of anilines is 1. The Labute approximate surface area is 206 Å². The summed E-state index contributed by atoms with van der Waals surface area (Å²) in [5, 5.41) is 4.56. The van der Waals surface area contributed by atoms with Crippen LogP contribution in [-0.2, 0) is 10.9 Å². The molecule has 0 N–H and O–H groups in total. The Kier molecular flexibility index (Phi) is 6.37. The first-order chi connectivity index (χ1) is 16.2. The molecular weight excluding hydrogens is 483 g/mol. The molecular formula is C24H27ClF3N5O2. The van der Waals surface area contributed by atoms with Crippen molar-refractivity contribution in [3.63, 3.8) is 0 Å². The highest BCUT2D eigenvalue weighted by atomic mass is 35.5. The van der Waals surface area contributed by atoms with Gasteiger partial charge in [0, 0.05) is 29.9 Å². The average Bonchev–Trinajstić information content (AvgIpc) is 3.14. The second kappa shape index (κ2) is 8.89. The third kappa shape index (κ3) is 5.32. The van der Waals surface area contributed by atoms with Gasteiger partial charge in [-0.05, 0) is 58.9 Å². The maximum absolute atomic E-state index is 13.3. The molecule has 0 saturated carbocycles. The van der Waals surface area contributed by atoms with Gasteiger partial charge in [-0.2, -0.15) is 18.3 Å². The predicted octanol–water partition coefficient (Wildman–Crippen LogP) is 5.90. The van der Waals surface area contributed by atoms with Crippen LogP contribution in [0.2, 0.25) is 5.02 Å². The summed E-state index contributed by atoms with van der Waals surface area (Å²) in [4.78, 5) is 21.2. The zero-order valence-corrected chi connectivity index (χ0v) is 20.9. The van der Waals surface area contributed by atoms with E-state index in [0.717, 1.165) is 12.1 Å². The minimum absolute atomic E-state index is 0.163. The Bertz CT molecular complexity index is 1240. The van der Waals surface area contributed by atoms with Crippen LogP contribution in [0.5, 0.6) is 0 Å². The van der Waals surface area contributed by atoms with E-state index in [0.29, 0.717) is 35.2 Å². The predicted molar refractivity (Wildman–Crippen MR) is 128 cm³/mol. The number of rotatable bonds is 2. The molecule has 11 heteroatoms. The summed E-state index contributed by atoms with van der Waals surface area (Å²) in [5.41, 5.74) is -0.241. The number of ether oxygens (including phenoxy) is 1. The molecule has 1 saturated heterocycles. The fourth-order valence-corrected chi connectivity index (χ4v) is 4.52. The average molecular weight is 510 g/mol. The van der Waals surface area contributed by atoms with E-state index in [1.165, 1.54) is 16.9 Å². The van der Waals surface area contributed by atoms with Crippen LogP contribution in [0.3, 0.4) is 0 Å². The number of hydrogen-bond acceptors (Lipinski definition) is 5. The number of alkyl halides is 3. The van der Waals surface area contributed by atoms with E-state index in [-0.39, 0.29) is 23.7 Å². The number of amides is 1. The Morgan fingerprint density at radius 3 is 2.37 bits per heavy atom. The number of aromatic nitrogens is 3. The molecule has 3 aromatic heterocycles. The number of pyridine rings is 2. The van der Waals surface area contributed by atoms with E-state index in [1.54, 1.807) is 17.0 Å². The molecule has 4 rings (SSSR count). The van der Waals surface area contributed by atoms with Crippen molar-refractivity contribution >= 4 is 29.0 Å². The molecule has 1 fully saturated rings. The highest BCUT2D eigenvalue weighted by Gasteiger charge is 2.36. The van der Waals surface area contributed by atoms with Crippen LogP contribution in [0.4, 0.5) is 23.8 Å². The third-order valence-corrected chi connectivity index (χ3v) is 5.97. The quantitative estimate of drug-likeness (QED) is 0.430. The molecule has 1 aliphatic heterocycles. The number of piperazine rings is 1. The molecule has 7 nitrogen and oxygen atoms in total. The fraction of sp³-hybridized carbons (Fsp3) is 0.458. The first kappa shape index (κ1) is 25.1. The lowest BCUT2D eigenvalue weighted by atomic mass is 10.1. The Morgan fingerprint density at radius 1 is 1.11 bits per heavy atom. The summed E-state index contributed by atoms with van der Waals surface area (Å²) >= 11 is 6.41. The second-order valence-electron chi connectivity index (χ2n) is 9.82. The SMILES string of the molecule is C[C@@H]1CN(c2cc(Cl)cc(-c3cnn4ccc(C(F)(F)F)cc34)n2)C[C@H](C)N1C(=O)OC(C)(C)C. The molecule has 1 amide bonds. The van der Waals surface area contributed by atoms with Crippen LogP contribution < -0.4 is 4.90 Å². The molecule has 0 radical (unpaired) electrons. The van der Waals surface area contributed by atoms with Crippen LogP contribution in [0.15, 0.2) is 36.7 Å². The summed E-state index contributed by atoms with van der Waals surface area (Å²) < 4.78 is 46.7. The van der Waals surface area contributed by atoms with Gasteiger partial charge in [0.25, 0.3) is 0 Å². The van der Waals surface area contributed by atoms with Gasteiger partial charge in [0.15, 0.2) is 0 Å². The Balaban J connectivity index is 1.64. The van der Waals surface area contributed by atoms with Crippen molar-refractivity contribution in [2.75, 3.05) is 18.0 Å². The maximum atomic E-state index is 13.3. The zero-order valence-electron chi connectivity index (χ0n) is 20.1. The molecule has 1 aliphatic rings. The molecule has 4 heterocycles. The van der Waals surface area contributed by atoms with Gasteiger partial charge >= 0.3 is 12.3 Å². The van der Waals surface area contributed by atoms with Crippen molar-refractivity contribution in [3.8, 4) is 11.3 Å². The van der Waals surface area contributed by atoms with E-state index in [9.17, 15) is 18.0 Å². The van der Waals surface area contributed by atoms with E-state index in [2.05, 4.69) is 5.10 Å². The second-order valence-corrected chi connectivity index (χ2v) is 10.3. The van der Waals surface area contributed by atoms with Crippen LogP contribution in [0.1, 0.15) is 40.2 Å². The molecule has 2 atom stereocenters. The van der Waals surface area contributed by atoms with Crippen LogP contribution in [-0.4, -0.2) is 56.4 Å². The lowest BCUT2D eigenvalue weighted by Gasteiger charge is -2.45. The Morgan fingerprint density at radius 2 is 1.77 bits per heavy atom. The molecule has 0 aromatic carbocycles. The largest absolute Gasteiger partial charge is 0.444 e. The summed E-state index contributed by atoms with van der Waals surface area (Å²) in [7, 11) is 0. The molecule has 0 unspecified atom stereocenters. The standard InChI is InChI=1S/C24H27ClF3N5O2/c1-14-12-31(13-15(2)33(14)22(34)35-23(3,4)5)21-10-17(25)9-19(30-21)18-11-29-32-7-6-16(8-20(18)32)24(26,27)28/h6-11,14-15H,12-13H2,1-5H3/t14-,15+. The normalized spacial score (nSPS) is 19.3. The number of fused-ring (bicyclic) bond motifs is 1. The van der Waals surface area contributed by atoms with Gasteiger partial charge in [-0.3, -0.25) is 4.90 Å². The topological polar surface area (TPSA) is 63.0 Å². The minimum atomic E-state index is -4.48. The van der Waals surface area contributed by atoms with Gasteiger partial charge < -0.3 is 9.64 Å². The van der Waals surface area contributed by atoms with Gasteiger partial charge in [0.1, 0.15) is 11.4 Å². The summed E-state index contributed by atoms with van der Waals surface area (Å²) in [6, 6.07) is 5.02. The van der Waals surface area contributed by atoms with E-state index in [1.807, 2.05) is 39.5 Å². The van der Waals surface area contributed by atoms with E-state index >= 15 is 0 Å². The van der Waals surface area contributed by atoms with Crippen molar-refractivity contribution in [3.05, 3.63) is 47.2 Å². The van der Waals surface area contributed by atoms with Crippen molar-refractivity contribution in [2.45, 2.75) is 58.5 Å². The third-order valence-electron chi connectivity index (χ3n) is 5.75. The number of hydrogen-bond donors (Lipinski definition) is 0. The molecule has 188 valence electrons. The number of nitrogens with zero attached hydrogens (tertiary/aromatic N) is 5. The van der Waals surface area contributed by atoms with Crippen LogP contribution >= 0.6 is 11.6 Å². The lowest BCUT2D eigenvalue weighted by Crippen LogP contribution is -2.59. The molecule has 0 bridgehead atoms. The monoisotopic (exact) mass is 509 g/mol. The molecule has 0 spiro atoms. The van der Waals surface area contributed by atoms with Crippen molar-refractivity contribution < 1.29 is 22.7 Å². The van der Waals surface area contributed by atoms with Crippen molar-refractivity contribution in [1.29, 1.82) is 0 Å². The lowest BCUT2D eigenvalue weighted by molar-refractivity contribution is -0.137. The van der Waals surface area contributed by atoms with Gasteiger partial charge in [0.05, 0.1) is 35.1 Å². The molecule has 35 heavy (non-hydrogen) atoms. The Hall–Kier alpha value is -3.01. The number of carbonyl (C=O) groups is 1. The van der Waals surface area contributed by atoms with Gasteiger partial charge in [-0.25, -0.2) is 14.3 Å². The van der Waals surface area contributed by atoms with Gasteiger partial charge in [-0.1, -0.05) is 11.6 Å². The first-order valence-electron chi connectivity index (χ1n) is 11.2. The highest BCUT2D eigenvalue weighted by Crippen LogP contribution is 2.34. The van der Waals surface area contributed by atoms with Crippen LogP contribution in [0.25, 0.3) is 16.8 Å². The van der Waals surface area contributed by atoms with E-state index in [4.69, 9.17) is 21.3 Å². The van der Waals surface area contributed by atoms with Crippen molar-refractivity contribution in [1.82, 2.24) is 19.5 Å². The van der Waals surface area contributed by atoms with Gasteiger partial charge in [-0.15, -0.1) is 0 Å². The van der Waals surface area contributed by atoms with E-state index < -0.39 is 17.3 Å². The molecule has 0 aliphatic carbocycles. The zero-order chi connectivity index (χ0) is 25.7. The van der Waals surface area contributed by atoms with Gasteiger partial charge in [0.2, 0.25) is 0 Å². The highest BCUT2D eigenvalue weighted by molar-refractivity contribution is 6.31. The molecule has 3 aromatic rings. The number of halogens is 4. The summed E-state index contributed by atoms with van der Waals surface area (Å²) in [5.74, 6) is 0.571. The van der Waals surface area contributed by atoms with Crippen molar-refractivity contribution in [2.24, 2.45) is 0 Å². The fourth-order valence-electron chi connectivity index (χ4n) is 4.32. The number of carbonyl (C=O) groups excluding carboxylic acids is 1. The van der Waals surface area contributed by atoms with Crippen LogP contribution in [0, 0.1) is 0 Å². The first-order valence-corrected chi connectivity index (χ1v) is 11.6. The maximum Gasteiger partial charge on any atom is 0.416 e. The smallest absolute Gasteiger partial charge is 0.416 e. The minimum Gasteiger partial charge on any atom is -0.444 e. The summed E-state index contributed by atoms with van der Waals surface area (Å²) in [6.45, 7) is 10.3.